The number of nitrogens with one attached hydrogen (secondary N) is 1. The zero-order chi connectivity index (χ0) is 29.1. The van der Waals surface area contributed by atoms with Crippen molar-refractivity contribution in [3.8, 4) is 28.7 Å². The number of aromatic nitrogens is 3. The number of para-hydroxylation sites is 1. The van der Waals surface area contributed by atoms with E-state index in [-0.39, 0.29) is 22.7 Å². The van der Waals surface area contributed by atoms with Crippen LogP contribution < -0.4 is 25.1 Å². The van der Waals surface area contributed by atoms with E-state index in [1.165, 1.54) is 23.8 Å². The van der Waals surface area contributed by atoms with E-state index < -0.39 is 11.5 Å². The second-order valence-corrected chi connectivity index (χ2v) is 9.06. The van der Waals surface area contributed by atoms with E-state index in [1.54, 1.807) is 81.9 Å². The zero-order valence-electron chi connectivity index (χ0n) is 22.8. The Balaban J connectivity index is 1.41. The topological polar surface area (TPSA) is 122 Å². The van der Waals surface area contributed by atoms with Crippen LogP contribution in [-0.2, 0) is 0 Å². The molecule has 0 spiro atoms. The summed E-state index contributed by atoms with van der Waals surface area (Å²) < 4.78 is 18.2. The molecule has 1 N–H and O–H groups in total. The molecule has 41 heavy (non-hydrogen) atoms. The molecule has 1 amide bonds. The highest BCUT2D eigenvalue weighted by Crippen LogP contribution is 2.36. The molecule has 0 saturated heterocycles. The lowest BCUT2D eigenvalue weighted by Gasteiger charge is -2.15. The Labute approximate surface area is 235 Å². The zero-order valence-corrected chi connectivity index (χ0v) is 22.8. The van der Waals surface area contributed by atoms with Crippen molar-refractivity contribution in [2.24, 2.45) is 0 Å². The van der Waals surface area contributed by atoms with Gasteiger partial charge in [0.25, 0.3) is 11.5 Å². The molecule has 2 aromatic carbocycles. The molecule has 0 atom stereocenters. The van der Waals surface area contributed by atoms with E-state index in [9.17, 15) is 14.4 Å². The van der Waals surface area contributed by atoms with Crippen molar-refractivity contribution in [2.75, 3.05) is 19.5 Å². The first-order valence-electron chi connectivity index (χ1n) is 12.6. The minimum absolute atomic E-state index is 0.181. The average Bonchev–Trinajstić information content (AvgIpc) is 2.98. The number of fused-ring (bicyclic) bond motifs is 1. The molecular formula is C31H26N4O6. The van der Waals surface area contributed by atoms with Gasteiger partial charge in [-0.25, -0.2) is 4.98 Å². The Morgan fingerprint density at radius 2 is 1.59 bits per heavy atom. The third-order valence-electron chi connectivity index (χ3n) is 6.50. The number of pyridine rings is 3. The largest absolute Gasteiger partial charge is 0.493 e. The highest BCUT2D eigenvalue weighted by Gasteiger charge is 2.21. The molecule has 5 aromatic rings. The smallest absolute Gasteiger partial charge is 0.268 e. The maximum Gasteiger partial charge on any atom is 0.268 e. The fraction of sp³-hybridized carbons (Fsp3) is 0.129. The number of ketones is 1. The monoisotopic (exact) mass is 550 g/mol. The van der Waals surface area contributed by atoms with Crippen LogP contribution in [0.4, 0.5) is 5.82 Å². The fourth-order valence-electron chi connectivity index (χ4n) is 4.47. The Kier molecular flexibility index (Phi) is 7.47. The number of ether oxygens (including phenoxy) is 3. The molecule has 5 rings (SSSR count). The number of carbonyl (C=O) groups is 2. The average molecular weight is 551 g/mol. The number of nitrogens with zero attached hydrogens (tertiary/aromatic N) is 3. The summed E-state index contributed by atoms with van der Waals surface area (Å²) in [4.78, 5) is 47.6. The summed E-state index contributed by atoms with van der Waals surface area (Å²) in [6.07, 6.45) is 3.06. The number of Topliss-reactive ketones (excluding diaryl/α,β-unsaturated/α-hetero) is 1. The molecule has 0 aliphatic heterocycles. The number of methoxy groups -OCH3 is 2. The van der Waals surface area contributed by atoms with Gasteiger partial charge < -0.3 is 19.5 Å². The lowest BCUT2D eigenvalue weighted by Crippen LogP contribution is -2.31. The van der Waals surface area contributed by atoms with Gasteiger partial charge in [-0.3, -0.25) is 23.9 Å². The van der Waals surface area contributed by atoms with Crippen molar-refractivity contribution in [3.05, 3.63) is 106 Å². The number of anilines is 1. The lowest BCUT2D eigenvalue weighted by molar-refractivity contribution is 0.101. The van der Waals surface area contributed by atoms with Crippen molar-refractivity contribution >= 4 is 28.4 Å². The molecule has 0 aliphatic rings. The summed E-state index contributed by atoms with van der Waals surface area (Å²) in [6.45, 7) is 3.06. The Bertz CT molecular complexity index is 1830. The first kappa shape index (κ1) is 27.1. The molecule has 0 unspecified atom stereocenters. The Hall–Kier alpha value is -5.51. The van der Waals surface area contributed by atoms with E-state index >= 15 is 0 Å². The molecular weight excluding hydrogens is 524 g/mol. The molecule has 3 heterocycles. The number of hydrogen-bond acceptors (Lipinski definition) is 8. The fourth-order valence-corrected chi connectivity index (χ4v) is 4.47. The summed E-state index contributed by atoms with van der Waals surface area (Å²) in [6, 6.07) is 18.6. The van der Waals surface area contributed by atoms with Gasteiger partial charge in [0.1, 0.15) is 22.9 Å². The summed E-state index contributed by atoms with van der Waals surface area (Å²) in [5, 5.41) is 3.35. The third-order valence-corrected chi connectivity index (χ3v) is 6.50. The number of carbonyl (C=O) groups excluding carboxylic acids is 2. The number of rotatable bonds is 8. The third kappa shape index (κ3) is 5.35. The Morgan fingerprint density at radius 3 is 2.24 bits per heavy atom. The van der Waals surface area contributed by atoms with Crippen molar-refractivity contribution in [2.45, 2.75) is 13.8 Å². The van der Waals surface area contributed by atoms with Gasteiger partial charge in [-0.15, -0.1) is 0 Å². The molecule has 10 nitrogen and oxygen atoms in total. The van der Waals surface area contributed by atoms with Gasteiger partial charge in [0.15, 0.2) is 17.3 Å². The maximum absolute atomic E-state index is 13.4. The van der Waals surface area contributed by atoms with Crippen LogP contribution in [0.3, 0.4) is 0 Å². The predicted octanol–water partition coefficient (Wildman–Crippen LogP) is 5.35. The first-order valence-corrected chi connectivity index (χ1v) is 12.6. The van der Waals surface area contributed by atoms with Gasteiger partial charge in [0, 0.05) is 34.6 Å². The van der Waals surface area contributed by atoms with Gasteiger partial charge in [0.2, 0.25) is 0 Å². The highest BCUT2D eigenvalue weighted by atomic mass is 16.5. The second-order valence-electron chi connectivity index (χ2n) is 9.06. The van der Waals surface area contributed by atoms with E-state index in [0.29, 0.717) is 45.3 Å². The Morgan fingerprint density at radius 1 is 0.854 bits per heavy atom. The van der Waals surface area contributed by atoms with Crippen molar-refractivity contribution < 1.29 is 23.8 Å². The van der Waals surface area contributed by atoms with Crippen LogP contribution in [0.1, 0.15) is 33.3 Å². The van der Waals surface area contributed by atoms with E-state index in [0.717, 1.165) is 0 Å². The van der Waals surface area contributed by atoms with Gasteiger partial charge in [-0.1, -0.05) is 18.2 Å². The van der Waals surface area contributed by atoms with Crippen LogP contribution in [0.2, 0.25) is 0 Å². The molecule has 0 fully saturated rings. The van der Waals surface area contributed by atoms with Crippen LogP contribution in [0.5, 0.6) is 23.0 Å². The molecule has 10 heteroatoms. The summed E-state index contributed by atoms with van der Waals surface area (Å²) in [5.74, 6) is 1.25. The number of benzene rings is 2. The number of hydrogen-bond donors (Lipinski definition) is 1. The van der Waals surface area contributed by atoms with Crippen molar-refractivity contribution in [1.29, 1.82) is 0 Å². The number of amides is 1. The molecule has 0 aliphatic carbocycles. The quantitative estimate of drug-likeness (QED) is 0.257. The van der Waals surface area contributed by atoms with Gasteiger partial charge in [-0.05, 0) is 56.3 Å². The normalized spacial score (nSPS) is 10.7. The highest BCUT2D eigenvalue weighted by molar-refractivity contribution is 6.06. The molecule has 0 saturated carbocycles. The van der Waals surface area contributed by atoms with E-state index in [2.05, 4.69) is 15.3 Å². The maximum atomic E-state index is 13.4. The summed E-state index contributed by atoms with van der Waals surface area (Å²) in [7, 11) is 3.10. The van der Waals surface area contributed by atoms with E-state index in [4.69, 9.17) is 14.2 Å². The molecule has 206 valence electrons. The van der Waals surface area contributed by atoms with Gasteiger partial charge in [0.05, 0.1) is 25.9 Å². The van der Waals surface area contributed by atoms with Crippen molar-refractivity contribution in [1.82, 2.24) is 14.5 Å². The predicted molar refractivity (Wildman–Crippen MR) is 154 cm³/mol. The van der Waals surface area contributed by atoms with Crippen molar-refractivity contribution in [3.63, 3.8) is 0 Å². The molecule has 0 radical (unpaired) electrons. The van der Waals surface area contributed by atoms with Gasteiger partial charge >= 0.3 is 0 Å². The van der Waals surface area contributed by atoms with Crippen LogP contribution >= 0.6 is 0 Å². The molecule has 3 aromatic heterocycles. The van der Waals surface area contributed by atoms with Crippen LogP contribution in [0.15, 0.2) is 83.9 Å². The minimum Gasteiger partial charge on any atom is -0.493 e. The molecule has 0 bridgehead atoms. The van der Waals surface area contributed by atoms with Crippen LogP contribution in [-0.4, -0.2) is 40.4 Å². The summed E-state index contributed by atoms with van der Waals surface area (Å²) in [5.41, 5.74) is 1.19. The second kappa shape index (κ2) is 11.3. The van der Waals surface area contributed by atoms with Crippen LogP contribution in [0, 0.1) is 6.92 Å². The minimum atomic E-state index is -0.690. The van der Waals surface area contributed by atoms with E-state index in [1.807, 2.05) is 6.07 Å². The van der Waals surface area contributed by atoms with Crippen LogP contribution in [0.25, 0.3) is 16.6 Å². The first-order chi connectivity index (χ1) is 19.8. The lowest BCUT2D eigenvalue weighted by atomic mass is 10.1. The summed E-state index contributed by atoms with van der Waals surface area (Å²) >= 11 is 0. The standard InChI is InChI=1S/C31H26N4O6/c1-18-22(19(2)36)14-24(31(38)35(18)20-8-6-5-7-9-20)30(37)34-29-11-10-21(17-33-29)41-26-12-13-32-25-16-28(40-4)27(39-3)15-23(25)26/h5-17H,1-4H3,(H,33,34,37). The SMILES string of the molecule is COc1cc2nccc(Oc3ccc(NC(=O)c4cc(C(C)=O)c(C)n(-c5ccccc5)c4=O)nc3)c2cc1OC. The van der Waals surface area contributed by atoms with Gasteiger partial charge in [-0.2, -0.15) is 0 Å².